The molecule has 4 heteroatoms. The highest BCUT2D eigenvalue weighted by Gasteiger charge is 2.01. The molecule has 1 aromatic heterocycles. The van der Waals surface area contributed by atoms with Gasteiger partial charge in [-0.05, 0) is 39.9 Å². The van der Waals surface area contributed by atoms with Crippen LogP contribution in [0.3, 0.4) is 0 Å². The van der Waals surface area contributed by atoms with E-state index in [4.69, 9.17) is 0 Å². The van der Waals surface area contributed by atoms with Gasteiger partial charge in [-0.2, -0.15) is 0 Å². The summed E-state index contributed by atoms with van der Waals surface area (Å²) in [6, 6.07) is 4.63. The van der Waals surface area contributed by atoms with Crippen LogP contribution in [0.25, 0.3) is 0 Å². The van der Waals surface area contributed by atoms with Gasteiger partial charge in [0.15, 0.2) is 0 Å². The van der Waals surface area contributed by atoms with Crippen molar-refractivity contribution >= 4 is 11.5 Å². The predicted octanol–water partition coefficient (Wildman–Crippen LogP) is 2.27. The quantitative estimate of drug-likeness (QED) is 0.713. The van der Waals surface area contributed by atoms with Crippen molar-refractivity contribution in [3.8, 4) is 0 Å². The molecule has 1 heterocycles. The highest BCUT2D eigenvalue weighted by Crippen LogP contribution is 2.10. The topological polar surface area (TPSA) is 40.2 Å². The van der Waals surface area contributed by atoms with Crippen LogP contribution < -0.4 is 10.6 Å². The number of pyridine rings is 1. The molecule has 0 spiro atoms. The van der Waals surface area contributed by atoms with Gasteiger partial charge in [0.05, 0.1) is 0 Å². The molecule has 0 aliphatic heterocycles. The van der Waals surface area contributed by atoms with E-state index in [0.717, 1.165) is 31.0 Å². The Bertz CT molecular complexity index is 325. The smallest absolute Gasteiger partial charge is 0.127 e. The van der Waals surface area contributed by atoms with Crippen LogP contribution in [0.5, 0.6) is 0 Å². The van der Waals surface area contributed by atoms with E-state index < -0.39 is 0 Å². The van der Waals surface area contributed by atoms with E-state index in [9.17, 15) is 0 Å². The number of aromatic nitrogens is 1. The van der Waals surface area contributed by atoms with Crippen molar-refractivity contribution in [1.29, 1.82) is 0 Å². The molecule has 0 aliphatic carbocycles. The number of anilines is 2. The highest BCUT2D eigenvalue weighted by atomic mass is 15.1. The van der Waals surface area contributed by atoms with Crippen LogP contribution in [-0.2, 0) is 0 Å². The summed E-state index contributed by atoms with van der Waals surface area (Å²) in [4.78, 5) is 6.53. The molecule has 4 nitrogen and oxygen atoms in total. The van der Waals surface area contributed by atoms with Crippen molar-refractivity contribution in [3.63, 3.8) is 0 Å². The van der Waals surface area contributed by atoms with Gasteiger partial charge in [-0.25, -0.2) is 4.98 Å². The molecule has 0 saturated carbocycles. The average Bonchev–Trinajstić information content (AvgIpc) is 2.34. The lowest BCUT2D eigenvalue weighted by molar-refractivity contribution is 0.273. The third-order valence-electron chi connectivity index (χ3n) is 2.91. The molecule has 0 fully saturated rings. The number of rotatable bonds is 7. The lowest BCUT2D eigenvalue weighted by Crippen LogP contribution is -2.28. The third kappa shape index (κ3) is 5.04. The van der Waals surface area contributed by atoms with Crippen LogP contribution in [0.2, 0.25) is 0 Å². The molecule has 1 aromatic rings. The number of hydrogen-bond donors (Lipinski definition) is 2. The van der Waals surface area contributed by atoms with Crippen LogP contribution in [0.15, 0.2) is 18.3 Å². The third-order valence-corrected chi connectivity index (χ3v) is 2.91. The van der Waals surface area contributed by atoms with Crippen molar-refractivity contribution in [2.45, 2.75) is 26.3 Å². The van der Waals surface area contributed by atoms with Crippen LogP contribution >= 0.6 is 0 Å². The number of nitrogens with one attached hydrogen (secondary N) is 2. The van der Waals surface area contributed by atoms with Gasteiger partial charge in [-0.3, -0.25) is 0 Å². The van der Waals surface area contributed by atoms with Gasteiger partial charge >= 0.3 is 0 Å². The fraction of sp³-hybridized carbons (Fsp3) is 0.615. The van der Waals surface area contributed by atoms with E-state index in [2.05, 4.69) is 41.4 Å². The first kappa shape index (κ1) is 13.8. The molecule has 0 unspecified atom stereocenters. The van der Waals surface area contributed by atoms with Crippen molar-refractivity contribution in [3.05, 3.63) is 18.3 Å². The Kier molecular flexibility index (Phi) is 5.77. The summed E-state index contributed by atoms with van der Waals surface area (Å²) in [5.74, 6) is 0.897. The maximum Gasteiger partial charge on any atom is 0.127 e. The second kappa shape index (κ2) is 7.12. The SMILES string of the molecule is CNc1cc(NCCCN(C)C(C)C)ccn1. The average molecular weight is 236 g/mol. The predicted molar refractivity (Wildman–Crippen MR) is 74.7 cm³/mol. The number of hydrogen-bond acceptors (Lipinski definition) is 4. The molecule has 0 bridgehead atoms. The van der Waals surface area contributed by atoms with Crippen molar-refractivity contribution in [2.24, 2.45) is 0 Å². The molecular formula is C13H24N4. The minimum Gasteiger partial charge on any atom is -0.385 e. The second-order valence-corrected chi connectivity index (χ2v) is 4.53. The maximum atomic E-state index is 4.18. The summed E-state index contributed by atoms with van der Waals surface area (Å²) in [6.45, 7) is 6.55. The largest absolute Gasteiger partial charge is 0.385 e. The first-order valence-electron chi connectivity index (χ1n) is 6.21. The summed E-state index contributed by atoms with van der Waals surface area (Å²) in [5, 5.41) is 6.44. The molecule has 0 atom stereocenters. The van der Waals surface area contributed by atoms with E-state index in [1.165, 1.54) is 0 Å². The number of nitrogens with zero attached hydrogens (tertiary/aromatic N) is 2. The summed E-state index contributed by atoms with van der Waals surface area (Å²) in [6.07, 6.45) is 2.96. The standard InChI is InChI=1S/C13H24N4/c1-11(2)17(4)9-5-7-15-12-6-8-16-13(10-12)14-3/h6,8,10-11H,5,7,9H2,1-4H3,(H2,14,15,16). The van der Waals surface area contributed by atoms with E-state index in [0.29, 0.717) is 6.04 Å². The lowest BCUT2D eigenvalue weighted by atomic mass is 10.3. The Morgan fingerprint density at radius 2 is 2.18 bits per heavy atom. The molecule has 2 N–H and O–H groups in total. The molecule has 0 amide bonds. The van der Waals surface area contributed by atoms with Crippen LogP contribution in [0.4, 0.5) is 11.5 Å². The zero-order valence-electron chi connectivity index (χ0n) is 11.3. The molecule has 96 valence electrons. The van der Waals surface area contributed by atoms with E-state index in [1.54, 1.807) is 0 Å². The Hall–Kier alpha value is -1.29. The Morgan fingerprint density at radius 3 is 2.82 bits per heavy atom. The van der Waals surface area contributed by atoms with Crippen molar-refractivity contribution < 1.29 is 0 Å². The maximum absolute atomic E-state index is 4.18. The minimum atomic E-state index is 0.617. The molecule has 0 radical (unpaired) electrons. The summed E-state index contributed by atoms with van der Waals surface area (Å²) in [7, 11) is 4.04. The molecule has 0 aromatic carbocycles. The summed E-state index contributed by atoms with van der Waals surface area (Å²) < 4.78 is 0. The van der Waals surface area contributed by atoms with Gasteiger partial charge in [-0.1, -0.05) is 0 Å². The van der Waals surface area contributed by atoms with Gasteiger partial charge in [-0.15, -0.1) is 0 Å². The Labute approximate surface area is 104 Å². The molecule has 0 saturated heterocycles. The van der Waals surface area contributed by atoms with Gasteiger partial charge < -0.3 is 15.5 Å². The second-order valence-electron chi connectivity index (χ2n) is 4.53. The van der Waals surface area contributed by atoms with Crippen LogP contribution in [0, 0.1) is 0 Å². The zero-order valence-corrected chi connectivity index (χ0v) is 11.3. The molecule has 0 aliphatic rings. The van der Waals surface area contributed by atoms with Crippen molar-refractivity contribution in [1.82, 2.24) is 9.88 Å². The minimum absolute atomic E-state index is 0.617. The van der Waals surface area contributed by atoms with Gasteiger partial charge in [0.2, 0.25) is 0 Å². The first-order valence-corrected chi connectivity index (χ1v) is 6.21. The Balaban J connectivity index is 2.26. The van der Waals surface area contributed by atoms with Gasteiger partial charge in [0, 0.05) is 37.6 Å². The zero-order chi connectivity index (χ0) is 12.7. The molecule has 17 heavy (non-hydrogen) atoms. The molecular weight excluding hydrogens is 212 g/mol. The van der Waals surface area contributed by atoms with E-state index in [-0.39, 0.29) is 0 Å². The van der Waals surface area contributed by atoms with E-state index >= 15 is 0 Å². The lowest BCUT2D eigenvalue weighted by Gasteiger charge is -2.20. The Morgan fingerprint density at radius 1 is 1.41 bits per heavy atom. The van der Waals surface area contributed by atoms with E-state index in [1.807, 2.05) is 25.4 Å². The molecule has 1 rings (SSSR count). The fourth-order valence-electron chi connectivity index (χ4n) is 1.50. The monoisotopic (exact) mass is 236 g/mol. The first-order chi connectivity index (χ1) is 8.13. The highest BCUT2D eigenvalue weighted by molar-refractivity contribution is 5.51. The van der Waals surface area contributed by atoms with Crippen LogP contribution in [0.1, 0.15) is 20.3 Å². The van der Waals surface area contributed by atoms with Crippen molar-refractivity contribution in [2.75, 3.05) is 37.8 Å². The summed E-state index contributed by atoms with van der Waals surface area (Å²) in [5.41, 5.74) is 1.12. The van der Waals surface area contributed by atoms with Gasteiger partial charge in [0.1, 0.15) is 5.82 Å². The fourth-order valence-corrected chi connectivity index (χ4v) is 1.50. The normalized spacial score (nSPS) is 10.9. The van der Waals surface area contributed by atoms with Crippen LogP contribution in [-0.4, -0.2) is 43.1 Å². The van der Waals surface area contributed by atoms with Gasteiger partial charge in [0.25, 0.3) is 0 Å². The summed E-state index contributed by atoms with van der Waals surface area (Å²) >= 11 is 0.